The monoisotopic (exact) mass is 371 g/mol. The van der Waals surface area contributed by atoms with Crippen LogP contribution in [0.2, 0.25) is 0 Å². The Morgan fingerprint density at radius 1 is 1.26 bits per heavy atom. The highest BCUT2D eigenvalue weighted by atomic mass is 16.6. The summed E-state index contributed by atoms with van der Waals surface area (Å²) in [4.78, 5) is 22.0. The summed E-state index contributed by atoms with van der Waals surface area (Å²) in [6, 6.07) is 14.2. The van der Waals surface area contributed by atoms with Crippen LogP contribution in [0.3, 0.4) is 0 Å². The van der Waals surface area contributed by atoms with Crippen LogP contribution in [0.25, 0.3) is 0 Å². The lowest BCUT2D eigenvalue weighted by molar-refractivity contribution is -0.386. The van der Waals surface area contributed by atoms with Crippen LogP contribution in [0, 0.1) is 21.4 Å². The third kappa shape index (κ3) is 5.50. The number of carbonyl (C=O) groups excluding carboxylic acids is 1. The Hall–Kier alpha value is -3.48. The standard InChI is InChI=1S/C18H17N3O6/c19-9-13-6-7-14(15(8-13)21(25)26)17(23)16(22)10-20-18(24)27-11-12-4-2-1-3-5-12/h1-8,16-17,22-23H,10-11H2,(H,20,24). The fourth-order valence-electron chi connectivity index (χ4n) is 2.30. The molecule has 2 aromatic rings. The lowest BCUT2D eigenvalue weighted by Crippen LogP contribution is -2.36. The molecule has 0 aromatic heterocycles. The summed E-state index contributed by atoms with van der Waals surface area (Å²) in [5, 5.41) is 42.4. The molecule has 2 aromatic carbocycles. The van der Waals surface area contributed by atoms with Crippen LogP contribution in [-0.2, 0) is 11.3 Å². The maximum absolute atomic E-state index is 11.7. The molecular formula is C18H17N3O6. The van der Waals surface area contributed by atoms with Crippen molar-refractivity contribution in [1.82, 2.24) is 5.32 Å². The van der Waals surface area contributed by atoms with Gasteiger partial charge in [-0.25, -0.2) is 4.79 Å². The Bertz CT molecular complexity index is 850. The molecule has 0 radical (unpaired) electrons. The van der Waals surface area contributed by atoms with Gasteiger partial charge in [-0.1, -0.05) is 30.3 Å². The fourth-order valence-corrected chi connectivity index (χ4v) is 2.30. The van der Waals surface area contributed by atoms with Crippen molar-refractivity contribution >= 4 is 11.8 Å². The van der Waals surface area contributed by atoms with Crippen molar-refractivity contribution in [3.63, 3.8) is 0 Å². The molecule has 9 heteroatoms. The zero-order valence-electron chi connectivity index (χ0n) is 14.1. The average Bonchev–Trinajstić information content (AvgIpc) is 2.70. The summed E-state index contributed by atoms with van der Waals surface area (Å²) < 4.78 is 4.97. The van der Waals surface area contributed by atoms with Crippen molar-refractivity contribution < 1.29 is 24.7 Å². The van der Waals surface area contributed by atoms with Crippen molar-refractivity contribution in [2.45, 2.75) is 18.8 Å². The minimum Gasteiger partial charge on any atom is -0.445 e. The van der Waals surface area contributed by atoms with E-state index < -0.39 is 28.9 Å². The number of rotatable bonds is 7. The van der Waals surface area contributed by atoms with Gasteiger partial charge >= 0.3 is 6.09 Å². The van der Waals surface area contributed by atoms with Crippen molar-refractivity contribution in [3.05, 3.63) is 75.3 Å². The molecule has 1 amide bonds. The second-order valence-electron chi connectivity index (χ2n) is 5.60. The summed E-state index contributed by atoms with van der Waals surface area (Å²) in [5.41, 5.74) is 0.175. The highest BCUT2D eigenvalue weighted by Crippen LogP contribution is 2.28. The molecule has 0 saturated heterocycles. The molecule has 0 aliphatic rings. The number of nitrogens with one attached hydrogen (secondary N) is 1. The van der Waals surface area contributed by atoms with Crippen LogP contribution < -0.4 is 5.32 Å². The van der Waals surface area contributed by atoms with Crippen molar-refractivity contribution in [1.29, 1.82) is 5.26 Å². The third-order valence-corrected chi connectivity index (χ3v) is 3.71. The second kappa shape index (κ2) is 9.28. The number of hydrogen-bond donors (Lipinski definition) is 3. The van der Waals surface area contributed by atoms with Gasteiger partial charge in [-0.05, 0) is 17.7 Å². The first-order valence-electron chi connectivity index (χ1n) is 7.91. The van der Waals surface area contributed by atoms with E-state index in [0.717, 1.165) is 11.6 Å². The molecule has 3 N–H and O–H groups in total. The first kappa shape index (κ1) is 19.8. The molecule has 0 fully saturated rings. The van der Waals surface area contributed by atoms with Gasteiger partial charge in [-0.2, -0.15) is 5.26 Å². The topological polar surface area (TPSA) is 146 Å². The van der Waals surface area contributed by atoms with Gasteiger partial charge in [-0.15, -0.1) is 0 Å². The van der Waals surface area contributed by atoms with Gasteiger partial charge in [0.2, 0.25) is 0 Å². The van der Waals surface area contributed by atoms with Crippen LogP contribution in [0.5, 0.6) is 0 Å². The first-order chi connectivity index (χ1) is 12.9. The molecule has 27 heavy (non-hydrogen) atoms. The summed E-state index contributed by atoms with van der Waals surface area (Å²) in [6.45, 7) is -0.349. The second-order valence-corrected chi connectivity index (χ2v) is 5.60. The molecule has 0 spiro atoms. The summed E-state index contributed by atoms with van der Waals surface area (Å²) in [6.07, 6.45) is -3.95. The third-order valence-electron chi connectivity index (χ3n) is 3.71. The van der Waals surface area contributed by atoms with Crippen molar-refractivity contribution in [3.8, 4) is 6.07 Å². The summed E-state index contributed by atoms with van der Waals surface area (Å²) >= 11 is 0. The highest BCUT2D eigenvalue weighted by Gasteiger charge is 2.27. The molecule has 2 unspecified atom stereocenters. The van der Waals surface area contributed by atoms with Crippen molar-refractivity contribution in [2.24, 2.45) is 0 Å². The van der Waals surface area contributed by atoms with E-state index in [1.807, 2.05) is 6.07 Å². The van der Waals surface area contributed by atoms with Crippen LogP contribution >= 0.6 is 0 Å². The Kier molecular flexibility index (Phi) is 6.82. The van der Waals surface area contributed by atoms with E-state index in [-0.39, 0.29) is 24.3 Å². The van der Waals surface area contributed by atoms with Gasteiger partial charge in [-0.3, -0.25) is 10.1 Å². The number of hydrogen-bond acceptors (Lipinski definition) is 7. The Balaban J connectivity index is 1.93. The molecule has 2 atom stereocenters. The smallest absolute Gasteiger partial charge is 0.407 e. The number of carbonyl (C=O) groups is 1. The quantitative estimate of drug-likeness (QED) is 0.497. The first-order valence-corrected chi connectivity index (χ1v) is 7.91. The number of benzene rings is 2. The molecule has 0 bridgehead atoms. The number of amides is 1. The highest BCUT2D eigenvalue weighted by molar-refractivity contribution is 5.67. The molecule has 140 valence electrons. The maximum Gasteiger partial charge on any atom is 0.407 e. The van der Waals surface area contributed by atoms with Crippen LogP contribution in [0.1, 0.15) is 22.8 Å². The molecular weight excluding hydrogens is 354 g/mol. The predicted octanol–water partition coefficient (Wildman–Crippen LogP) is 1.79. The Morgan fingerprint density at radius 3 is 2.59 bits per heavy atom. The van der Waals surface area contributed by atoms with E-state index >= 15 is 0 Å². The number of nitriles is 1. The molecule has 0 saturated carbocycles. The minimum absolute atomic E-state index is 0.0341. The van der Waals surface area contributed by atoms with E-state index in [0.29, 0.717) is 0 Å². The lowest BCUT2D eigenvalue weighted by atomic mass is 10.0. The number of aliphatic hydroxyl groups excluding tert-OH is 2. The van der Waals surface area contributed by atoms with E-state index in [1.165, 1.54) is 12.1 Å². The number of aliphatic hydroxyl groups is 2. The fraction of sp³-hybridized carbons (Fsp3) is 0.222. The maximum atomic E-state index is 11.7. The van der Waals surface area contributed by atoms with Gasteiger partial charge in [0.1, 0.15) is 18.8 Å². The van der Waals surface area contributed by atoms with Crippen molar-refractivity contribution in [2.75, 3.05) is 6.54 Å². The average molecular weight is 371 g/mol. The van der Waals surface area contributed by atoms with Gasteiger partial charge in [0, 0.05) is 12.6 Å². The van der Waals surface area contributed by atoms with Crippen LogP contribution in [-0.4, -0.2) is 33.9 Å². The van der Waals surface area contributed by atoms with Gasteiger partial charge in [0.05, 0.1) is 22.1 Å². The zero-order valence-corrected chi connectivity index (χ0v) is 14.1. The molecule has 0 aliphatic carbocycles. The van der Waals surface area contributed by atoms with E-state index in [4.69, 9.17) is 10.00 Å². The zero-order chi connectivity index (χ0) is 19.8. The number of ether oxygens (including phenoxy) is 1. The predicted molar refractivity (Wildman–Crippen MR) is 93.4 cm³/mol. The van der Waals surface area contributed by atoms with Crippen LogP contribution in [0.4, 0.5) is 10.5 Å². The SMILES string of the molecule is N#Cc1ccc(C(O)C(O)CNC(=O)OCc2ccccc2)c([N+](=O)[O-])c1. The van der Waals surface area contributed by atoms with Gasteiger partial charge in [0.15, 0.2) is 0 Å². The largest absolute Gasteiger partial charge is 0.445 e. The normalized spacial score (nSPS) is 12.5. The molecule has 0 aliphatic heterocycles. The van der Waals surface area contributed by atoms with E-state index in [1.54, 1.807) is 30.3 Å². The van der Waals surface area contributed by atoms with E-state index in [9.17, 15) is 25.1 Å². The summed E-state index contributed by atoms with van der Waals surface area (Å²) in [7, 11) is 0. The number of alkyl carbamates (subject to hydrolysis) is 1. The number of nitrogens with zero attached hydrogens (tertiary/aromatic N) is 2. The number of nitro benzene ring substituents is 1. The Labute approximate surface area is 154 Å². The number of nitro groups is 1. The summed E-state index contributed by atoms with van der Waals surface area (Å²) in [5.74, 6) is 0. The molecule has 0 heterocycles. The molecule has 9 nitrogen and oxygen atoms in total. The van der Waals surface area contributed by atoms with Gasteiger partial charge < -0.3 is 20.3 Å². The van der Waals surface area contributed by atoms with Gasteiger partial charge in [0.25, 0.3) is 5.69 Å². The lowest BCUT2D eigenvalue weighted by Gasteiger charge is -2.18. The minimum atomic E-state index is -1.63. The molecule has 2 rings (SSSR count). The Morgan fingerprint density at radius 2 is 1.96 bits per heavy atom. The van der Waals surface area contributed by atoms with E-state index in [2.05, 4.69) is 5.32 Å². The van der Waals surface area contributed by atoms with Crippen LogP contribution in [0.15, 0.2) is 48.5 Å².